The van der Waals surface area contributed by atoms with Gasteiger partial charge in [0.25, 0.3) is 0 Å². The Labute approximate surface area is 237 Å². The van der Waals surface area contributed by atoms with E-state index < -0.39 is 7.60 Å². The number of aryl methyl sites for hydroxylation is 1. The van der Waals surface area contributed by atoms with Gasteiger partial charge in [-0.3, -0.25) is 4.57 Å². The van der Waals surface area contributed by atoms with Gasteiger partial charge in [-0.1, -0.05) is 112 Å². The molecule has 1 unspecified atom stereocenters. The van der Waals surface area contributed by atoms with Crippen molar-refractivity contribution in [3.05, 3.63) is 18.3 Å². The molecule has 11 heteroatoms. The molecule has 38 heavy (non-hydrogen) atoms. The lowest BCUT2D eigenvalue weighted by Gasteiger charge is -2.12. The summed E-state index contributed by atoms with van der Waals surface area (Å²) in [5.41, 5.74) is 2.30. The quantitative estimate of drug-likeness (QED) is 0.0699. The van der Waals surface area contributed by atoms with E-state index in [9.17, 15) is 9.46 Å². The van der Waals surface area contributed by atoms with Gasteiger partial charge in [-0.2, -0.15) is 0 Å². The van der Waals surface area contributed by atoms with Crippen molar-refractivity contribution in [3.8, 4) is 0 Å². The van der Waals surface area contributed by atoms with Gasteiger partial charge >= 0.3 is 7.60 Å². The highest BCUT2D eigenvalue weighted by molar-refractivity contribution is 8.76. The fraction of sp³-hybridized carbons (Fsp3) is 0.815. The summed E-state index contributed by atoms with van der Waals surface area (Å²) in [5, 5.41) is 0. The predicted octanol–water partition coefficient (Wildman–Crippen LogP) is 8.17. The van der Waals surface area contributed by atoms with Gasteiger partial charge in [-0.05, 0) is 13.3 Å². The van der Waals surface area contributed by atoms with Gasteiger partial charge in [0.1, 0.15) is 18.2 Å². The van der Waals surface area contributed by atoms with E-state index in [1.807, 2.05) is 22.3 Å². The van der Waals surface area contributed by atoms with Gasteiger partial charge in [0.05, 0.1) is 25.2 Å². The molecule has 0 saturated carbocycles. The maximum Gasteiger partial charge on any atom is 0.353 e. The van der Waals surface area contributed by atoms with Crippen LogP contribution >= 0.6 is 29.2 Å². The Bertz CT molecular complexity index is 918. The second-order valence-corrected chi connectivity index (χ2v) is 14.3. The van der Waals surface area contributed by atoms with Gasteiger partial charge in [-0.25, -0.2) is 15.0 Å². The Morgan fingerprint density at radius 3 is 2.11 bits per heavy atom. The molecule has 8 nitrogen and oxygen atoms in total. The van der Waals surface area contributed by atoms with Crippen molar-refractivity contribution >= 4 is 40.3 Å². The molecule has 1 N–H and O–H groups in total. The van der Waals surface area contributed by atoms with Crippen LogP contribution in [0.3, 0.4) is 0 Å². The van der Waals surface area contributed by atoms with E-state index in [0.29, 0.717) is 12.3 Å². The molecule has 0 spiro atoms. The van der Waals surface area contributed by atoms with Crippen LogP contribution in [0.2, 0.25) is 0 Å². The van der Waals surface area contributed by atoms with Crippen molar-refractivity contribution in [2.24, 2.45) is 0 Å². The topological polar surface area (TPSA) is 99.4 Å². The van der Waals surface area contributed by atoms with Crippen LogP contribution in [0.1, 0.15) is 103 Å². The maximum atomic E-state index is 12.2. The number of ether oxygens (including phenoxy) is 1. The highest BCUT2D eigenvalue weighted by atomic mass is 33.1. The van der Waals surface area contributed by atoms with Gasteiger partial charge in [-0.15, -0.1) is 0 Å². The maximum absolute atomic E-state index is 12.2. The van der Waals surface area contributed by atoms with Crippen LogP contribution < -0.4 is 0 Å². The van der Waals surface area contributed by atoms with Crippen molar-refractivity contribution in [2.75, 3.05) is 31.1 Å². The Balaban J connectivity index is 1.34. The van der Waals surface area contributed by atoms with Crippen LogP contribution in [-0.4, -0.2) is 55.5 Å². The Kier molecular flexibility index (Phi) is 18.7. The average molecular weight is 589 g/mol. The van der Waals surface area contributed by atoms with Crippen molar-refractivity contribution in [1.82, 2.24) is 19.5 Å². The molecule has 2 aromatic heterocycles. The fourth-order valence-corrected chi connectivity index (χ4v) is 7.14. The second-order valence-electron chi connectivity index (χ2n) is 9.82. The van der Waals surface area contributed by atoms with Crippen LogP contribution in [0.25, 0.3) is 11.2 Å². The minimum Gasteiger partial charge on any atom is -0.367 e. The molecule has 0 fully saturated rings. The Hall–Kier alpha value is -0.640. The summed E-state index contributed by atoms with van der Waals surface area (Å²) in [4.78, 5) is 22.7. The number of fused-ring (bicyclic) bond motifs is 1. The molecule has 0 aliphatic heterocycles. The van der Waals surface area contributed by atoms with E-state index in [0.717, 1.165) is 22.6 Å². The Morgan fingerprint density at radius 1 is 0.842 bits per heavy atom. The zero-order valence-corrected chi connectivity index (χ0v) is 26.0. The largest absolute Gasteiger partial charge is 0.367 e. The summed E-state index contributed by atoms with van der Waals surface area (Å²) >= 11 is 0. The number of imidazole rings is 1. The van der Waals surface area contributed by atoms with E-state index >= 15 is 0 Å². The molecule has 0 aromatic carbocycles. The minimum atomic E-state index is -3.74. The molecule has 2 rings (SSSR count). The molecule has 0 radical (unpaired) electrons. The van der Waals surface area contributed by atoms with E-state index in [2.05, 4.69) is 21.9 Å². The van der Waals surface area contributed by atoms with Crippen LogP contribution in [0.4, 0.5) is 0 Å². The lowest BCUT2D eigenvalue weighted by molar-refractivity contribution is 0.140. The first-order valence-corrected chi connectivity index (χ1v) is 18.7. The normalized spacial score (nSPS) is 13.3. The summed E-state index contributed by atoms with van der Waals surface area (Å²) in [6.07, 6.45) is 22.2. The van der Waals surface area contributed by atoms with Crippen LogP contribution in [0.15, 0.2) is 12.7 Å². The monoisotopic (exact) mass is 588 g/mol. The third kappa shape index (κ3) is 15.2. The second kappa shape index (κ2) is 21.2. The molecule has 0 amide bonds. The lowest BCUT2D eigenvalue weighted by atomic mass is 10.0. The highest BCUT2D eigenvalue weighted by Gasteiger charge is 2.19. The molecule has 0 aliphatic carbocycles. The molecule has 1 atom stereocenters. The summed E-state index contributed by atoms with van der Waals surface area (Å²) in [6, 6.07) is 0. The van der Waals surface area contributed by atoms with Crippen molar-refractivity contribution in [1.29, 1.82) is 0 Å². The molecule has 0 bridgehead atoms. The minimum absolute atomic E-state index is 0.246. The molecule has 218 valence electrons. The average Bonchev–Trinajstić information content (AvgIpc) is 3.32. The first kappa shape index (κ1) is 33.6. The van der Waals surface area contributed by atoms with Crippen molar-refractivity contribution in [2.45, 2.75) is 110 Å². The van der Waals surface area contributed by atoms with Gasteiger partial charge in [0, 0.05) is 18.1 Å². The Morgan fingerprint density at radius 2 is 1.45 bits per heavy atom. The molecule has 0 saturated heterocycles. The van der Waals surface area contributed by atoms with Gasteiger partial charge < -0.3 is 18.7 Å². The lowest BCUT2D eigenvalue weighted by Crippen LogP contribution is -2.08. The summed E-state index contributed by atoms with van der Waals surface area (Å²) in [7, 11) is -0.213. The summed E-state index contributed by atoms with van der Waals surface area (Å²) < 4.78 is 24.6. The van der Waals surface area contributed by atoms with E-state index in [4.69, 9.17) is 9.26 Å². The standard InChI is InChI=1S/C27H49N4O4PS2/c1-3-4-5-6-7-8-9-10-11-12-13-14-15-16-20-37-38-21-19-35-36(32,33)24-34-18-17-31-23-30-26-25(2)28-22-29-27(26)31/h22-23H,3-21,24H2,1-2H3,(H,32,33). The molecular weight excluding hydrogens is 539 g/mol. The fourth-order valence-electron chi connectivity index (χ4n) is 4.23. The number of hydrogen-bond donors (Lipinski definition) is 1. The first-order valence-electron chi connectivity index (χ1n) is 14.4. The van der Waals surface area contributed by atoms with Crippen LogP contribution in [0.5, 0.6) is 0 Å². The zero-order chi connectivity index (χ0) is 27.3. The van der Waals surface area contributed by atoms with Crippen LogP contribution in [-0.2, 0) is 20.4 Å². The van der Waals surface area contributed by atoms with E-state index in [1.165, 1.54) is 96.2 Å². The third-order valence-electron chi connectivity index (χ3n) is 6.44. The van der Waals surface area contributed by atoms with Crippen molar-refractivity contribution < 1.29 is 18.7 Å². The van der Waals surface area contributed by atoms with Crippen molar-refractivity contribution in [3.63, 3.8) is 0 Å². The number of aromatic nitrogens is 4. The molecule has 2 aromatic rings. The number of hydrogen-bond acceptors (Lipinski definition) is 8. The SMILES string of the molecule is CCCCCCCCCCCCCCCCSSCCOP(=O)(O)COCCn1cnc2c(C)ncnc21. The summed E-state index contributed by atoms with van der Waals surface area (Å²) in [6.45, 7) is 5.16. The zero-order valence-electron chi connectivity index (χ0n) is 23.5. The van der Waals surface area contributed by atoms with E-state index in [1.54, 1.807) is 17.1 Å². The van der Waals surface area contributed by atoms with Gasteiger partial charge in [0.2, 0.25) is 0 Å². The molecule has 2 heterocycles. The predicted molar refractivity (Wildman–Crippen MR) is 162 cm³/mol. The number of nitrogens with zero attached hydrogens (tertiary/aromatic N) is 4. The molecule has 0 aliphatic rings. The van der Waals surface area contributed by atoms with Gasteiger partial charge in [0.15, 0.2) is 5.65 Å². The highest BCUT2D eigenvalue weighted by Crippen LogP contribution is 2.42. The third-order valence-corrected chi connectivity index (χ3v) is 9.99. The number of unbranched alkanes of at least 4 members (excludes halogenated alkanes) is 13. The van der Waals surface area contributed by atoms with Crippen LogP contribution in [0, 0.1) is 6.92 Å². The summed E-state index contributed by atoms with van der Waals surface area (Å²) in [5.74, 6) is 1.81. The van der Waals surface area contributed by atoms with E-state index in [-0.39, 0.29) is 19.6 Å². The first-order chi connectivity index (χ1) is 18.5. The molecular formula is C27H49N4O4PS2. The number of rotatable bonds is 25. The smallest absolute Gasteiger partial charge is 0.353 e.